The van der Waals surface area contributed by atoms with Crippen molar-refractivity contribution in [2.24, 2.45) is 0 Å². The maximum atomic E-state index is 12.7. The van der Waals surface area contributed by atoms with Crippen LogP contribution in [0.1, 0.15) is 70.8 Å². The standard InChI is InChI=1S/C25H33NO2/c1-17(13-22(27)18-11-9-8-10-12-18)23(28)26-21-15-19(24(2,3)4)14-20(16-21)25(5,6)7/h8-12,14-16,22,27H,1,13H2,2-7H3,(H,26,28)/t22-/m0/s1. The molecule has 3 nitrogen and oxygen atoms in total. The summed E-state index contributed by atoms with van der Waals surface area (Å²) in [7, 11) is 0. The average molecular weight is 380 g/mol. The summed E-state index contributed by atoms with van der Waals surface area (Å²) >= 11 is 0. The number of carbonyl (C=O) groups excluding carboxylic acids is 1. The van der Waals surface area contributed by atoms with Crippen LogP contribution < -0.4 is 5.32 Å². The van der Waals surface area contributed by atoms with Crippen LogP contribution in [0, 0.1) is 0 Å². The van der Waals surface area contributed by atoms with E-state index in [9.17, 15) is 9.90 Å². The van der Waals surface area contributed by atoms with Crippen LogP contribution in [0.5, 0.6) is 0 Å². The number of aliphatic hydroxyl groups is 1. The highest BCUT2D eigenvalue weighted by molar-refractivity contribution is 6.03. The Morgan fingerprint density at radius 3 is 1.93 bits per heavy atom. The van der Waals surface area contributed by atoms with Gasteiger partial charge in [0.25, 0.3) is 5.91 Å². The lowest BCUT2D eigenvalue weighted by Crippen LogP contribution is -2.20. The monoisotopic (exact) mass is 379 g/mol. The van der Waals surface area contributed by atoms with Gasteiger partial charge in [-0.15, -0.1) is 0 Å². The van der Waals surface area contributed by atoms with E-state index in [1.54, 1.807) is 0 Å². The predicted molar refractivity (Wildman–Crippen MR) is 118 cm³/mol. The van der Waals surface area contributed by atoms with E-state index >= 15 is 0 Å². The SMILES string of the molecule is C=C(C[C@H](O)c1ccccc1)C(=O)Nc1cc(C(C)(C)C)cc(C(C)(C)C)c1. The van der Waals surface area contributed by atoms with E-state index in [1.165, 1.54) is 11.1 Å². The summed E-state index contributed by atoms with van der Waals surface area (Å²) in [4.78, 5) is 12.7. The quantitative estimate of drug-likeness (QED) is 0.635. The minimum absolute atomic E-state index is 0.0265. The van der Waals surface area contributed by atoms with Crippen LogP contribution in [-0.2, 0) is 15.6 Å². The third kappa shape index (κ3) is 5.80. The maximum absolute atomic E-state index is 12.7. The highest BCUT2D eigenvalue weighted by Gasteiger charge is 2.21. The zero-order valence-corrected chi connectivity index (χ0v) is 18.0. The summed E-state index contributed by atoms with van der Waals surface area (Å²) in [6.07, 6.45) is -0.550. The molecular formula is C25H33NO2. The molecule has 0 bridgehead atoms. The number of rotatable bonds is 5. The van der Waals surface area contributed by atoms with Crippen LogP contribution in [0.4, 0.5) is 5.69 Å². The fraction of sp³-hybridized carbons (Fsp3) is 0.400. The zero-order chi connectivity index (χ0) is 21.1. The lowest BCUT2D eigenvalue weighted by Gasteiger charge is -2.26. The molecule has 0 heterocycles. The van der Waals surface area contributed by atoms with Gasteiger partial charge >= 0.3 is 0 Å². The first-order chi connectivity index (χ1) is 12.9. The van der Waals surface area contributed by atoms with E-state index < -0.39 is 6.10 Å². The van der Waals surface area contributed by atoms with E-state index in [-0.39, 0.29) is 23.2 Å². The molecule has 1 atom stereocenters. The van der Waals surface area contributed by atoms with Gasteiger partial charge in [0.1, 0.15) is 0 Å². The van der Waals surface area contributed by atoms with Gasteiger partial charge in [0.05, 0.1) is 6.10 Å². The Bertz CT molecular complexity index is 807. The van der Waals surface area contributed by atoms with E-state index in [4.69, 9.17) is 0 Å². The Hall–Kier alpha value is -2.39. The normalized spacial score (nSPS) is 13.1. The molecule has 1 amide bonds. The molecule has 2 N–H and O–H groups in total. The number of benzene rings is 2. The van der Waals surface area contributed by atoms with Crippen molar-refractivity contribution in [3.63, 3.8) is 0 Å². The number of anilines is 1. The Morgan fingerprint density at radius 2 is 1.46 bits per heavy atom. The maximum Gasteiger partial charge on any atom is 0.251 e. The van der Waals surface area contributed by atoms with Crippen molar-refractivity contribution in [2.75, 3.05) is 5.32 Å². The second kappa shape index (κ2) is 8.32. The first-order valence-corrected chi connectivity index (χ1v) is 9.76. The molecule has 2 rings (SSSR count). The van der Waals surface area contributed by atoms with Gasteiger partial charge in [-0.25, -0.2) is 0 Å². The molecule has 0 aliphatic rings. The molecule has 0 aromatic heterocycles. The van der Waals surface area contributed by atoms with Crippen LogP contribution in [0.2, 0.25) is 0 Å². The summed E-state index contributed by atoms with van der Waals surface area (Å²) in [5, 5.41) is 13.3. The molecule has 0 saturated heterocycles. The zero-order valence-electron chi connectivity index (χ0n) is 18.0. The van der Waals surface area contributed by atoms with E-state index in [0.717, 1.165) is 11.3 Å². The molecule has 0 aliphatic carbocycles. The lowest BCUT2D eigenvalue weighted by atomic mass is 9.80. The highest BCUT2D eigenvalue weighted by atomic mass is 16.3. The second-order valence-electron chi connectivity index (χ2n) is 9.49. The lowest BCUT2D eigenvalue weighted by molar-refractivity contribution is -0.113. The van der Waals surface area contributed by atoms with E-state index in [0.29, 0.717) is 5.57 Å². The Kier molecular flexibility index (Phi) is 6.51. The van der Waals surface area contributed by atoms with Crippen molar-refractivity contribution in [2.45, 2.75) is 64.9 Å². The minimum atomic E-state index is -0.745. The third-order valence-corrected chi connectivity index (χ3v) is 4.87. The van der Waals surface area contributed by atoms with Gasteiger partial charge in [0.15, 0.2) is 0 Å². The van der Waals surface area contributed by atoms with Gasteiger partial charge in [-0.1, -0.05) is 84.5 Å². The number of hydrogen-bond acceptors (Lipinski definition) is 2. The molecule has 28 heavy (non-hydrogen) atoms. The summed E-state index contributed by atoms with van der Waals surface area (Å²) in [6.45, 7) is 16.9. The van der Waals surface area contributed by atoms with Crippen molar-refractivity contribution in [1.82, 2.24) is 0 Å². The Balaban J connectivity index is 2.19. The second-order valence-corrected chi connectivity index (χ2v) is 9.49. The fourth-order valence-electron chi connectivity index (χ4n) is 2.90. The summed E-state index contributed by atoms with van der Waals surface area (Å²) in [5.74, 6) is -0.263. The van der Waals surface area contributed by atoms with Crippen molar-refractivity contribution < 1.29 is 9.90 Å². The number of carbonyl (C=O) groups is 1. The molecule has 2 aromatic rings. The van der Waals surface area contributed by atoms with Crippen LogP contribution in [-0.4, -0.2) is 11.0 Å². The van der Waals surface area contributed by atoms with Gasteiger partial charge in [-0.2, -0.15) is 0 Å². The molecule has 0 radical (unpaired) electrons. The molecular weight excluding hydrogens is 346 g/mol. The molecule has 150 valence electrons. The predicted octanol–water partition coefficient (Wildman–Crippen LogP) is 5.90. The number of aliphatic hydroxyl groups excluding tert-OH is 1. The Labute approximate surface area is 169 Å². The van der Waals surface area contributed by atoms with E-state index in [1.807, 2.05) is 42.5 Å². The first kappa shape index (κ1) is 21.9. The van der Waals surface area contributed by atoms with Gasteiger partial charge in [0, 0.05) is 17.7 Å². The summed E-state index contributed by atoms with van der Waals surface area (Å²) < 4.78 is 0. The van der Waals surface area contributed by atoms with Crippen LogP contribution in [0.15, 0.2) is 60.7 Å². The fourth-order valence-corrected chi connectivity index (χ4v) is 2.90. The van der Waals surface area contributed by atoms with Gasteiger partial charge < -0.3 is 10.4 Å². The average Bonchev–Trinajstić information content (AvgIpc) is 2.60. The molecule has 0 unspecified atom stereocenters. The van der Waals surface area contributed by atoms with Crippen molar-refractivity contribution in [3.05, 3.63) is 77.4 Å². The van der Waals surface area contributed by atoms with Crippen LogP contribution in [0.25, 0.3) is 0 Å². The van der Waals surface area contributed by atoms with Gasteiger partial charge in [0.2, 0.25) is 0 Å². The van der Waals surface area contributed by atoms with Crippen molar-refractivity contribution >= 4 is 11.6 Å². The number of nitrogens with one attached hydrogen (secondary N) is 1. The minimum Gasteiger partial charge on any atom is -0.388 e. The summed E-state index contributed by atoms with van der Waals surface area (Å²) in [5.41, 5.74) is 4.19. The van der Waals surface area contributed by atoms with Crippen LogP contribution in [0.3, 0.4) is 0 Å². The molecule has 0 aliphatic heterocycles. The molecule has 2 aromatic carbocycles. The van der Waals surface area contributed by atoms with Gasteiger partial charge in [-0.05, 0) is 39.7 Å². The first-order valence-electron chi connectivity index (χ1n) is 9.76. The van der Waals surface area contributed by atoms with Crippen LogP contribution >= 0.6 is 0 Å². The number of hydrogen-bond donors (Lipinski definition) is 2. The Morgan fingerprint density at radius 1 is 0.964 bits per heavy atom. The molecule has 0 saturated carbocycles. The smallest absolute Gasteiger partial charge is 0.251 e. The largest absolute Gasteiger partial charge is 0.388 e. The van der Waals surface area contributed by atoms with Crippen molar-refractivity contribution in [1.29, 1.82) is 0 Å². The number of amides is 1. The molecule has 0 fully saturated rings. The van der Waals surface area contributed by atoms with Crippen molar-refractivity contribution in [3.8, 4) is 0 Å². The third-order valence-electron chi connectivity index (χ3n) is 4.87. The van der Waals surface area contributed by atoms with E-state index in [2.05, 4.69) is 59.5 Å². The van der Waals surface area contributed by atoms with Gasteiger partial charge in [-0.3, -0.25) is 4.79 Å². The summed E-state index contributed by atoms with van der Waals surface area (Å²) in [6, 6.07) is 15.6. The molecule has 0 spiro atoms. The highest BCUT2D eigenvalue weighted by Crippen LogP contribution is 2.32. The molecule has 3 heteroatoms. The topological polar surface area (TPSA) is 49.3 Å².